The monoisotopic (exact) mass is 281 g/mol. The minimum atomic E-state index is -0.256. The van der Waals surface area contributed by atoms with Crippen molar-refractivity contribution in [3.05, 3.63) is 10.6 Å². The highest BCUT2D eigenvalue weighted by molar-refractivity contribution is 7.17. The van der Waals surface area contributed by atoms with Crippen LogP contribution in [0, 0.1) is 11.3 Å². The summed E-state index contributed by atoms with van der Waals surface area (Å²) in [5.74, 6) is -0.288. The summed E-state index contributed by atoms with van der Waals surface area (Å²) in [6.07, 6.45) is 1.31. The first-order valence-electron chi connectivity index (χ1n) is 6.36. The topological polar surface area (TPSA) is 85.1 Å². The number of carbonyl (C=O) groups is 2. The number of carbonyl (C=O) groups excluding carboxylic acids is 2. The first-order valence-corrected chi connectivity index (χ1v) is 7.18. The third-order valence-corrected chi connectivity index (χ3v) is 4.32. The molecule has 0 saturated heterocycles. The van der Waals surface area contributed by atoms with Crippen molar-refractivity contribution in [1.29, 1.82) is 0 Å². The molecule has 0 aromatic carbocycles. The standard InChI is InChI=1S/C13H19N3O2S/c1-7(6-14)11(18)16-12-15-8-4-13(2,3)5-9(17)10(8)19-12/h7H,4-6,14H2,1-3H3,(H,15,16,18). The Labute approximate surface area is 116 Å². The van der Waals surface area contributed by atoms with Crippen LogP contribution in [0.1, 0.15) is 42.6 Å². The fraction of sp³-hybridized carbons (Fsp3) is 0.615. The summed E-state index contributed by atoms with van der Waals surface area (Å²) in [5.41, 5.74) is 6.21. The second-order valence-corrected chi connectivity index (χ2v) is 6.86. The van der Waals surface area contributed by atoms with Gasteiger partial charge in [0.05, 0.1) is 10.6 Å². The summed E-state index contributed by atoms with van der Waals surface area (Å²) >= 11 is 1.27. The molecule has 0 fully saturated rings. The summed E-state index contributed by atoms with van der Waals surface area (Å²) in [5, 5.41) is 3.24. The van der Waals surface area contributed by atoms with Gasteiger partial charge in [0.1, 0.15) is 0 Å². The third-order valence-electron chi connectivity index (χ3n) is 3.27. The SMILES string of the molecule is CC(CN)C(=O)Nc1nc2c(s1)C(=O)CC(C)(C)C2. The fourth-order valence-corrected chi connectivity index (χ4v) is 3.03. The average Bonchev–Trinajstić information content (AvgIpc) is 2.68. The van der Waals surface area contributed by atoms with Gasteiger partial charge in [-0.1, -0.05) is 32.1 Å². The highest BCUT2D eigenvalue weighted by atomic mass is 32.1. The number of nitrogens with zero attached hydrogens (tertiary/aromatic N) is 1. The molecule has 6 heteroatoms. The van der Waals surface area contributed by atoms with E-state index in [0.717, 1.165) is 12.1 Å². The molecule has 0 bridgehead atoms. The van der Waals surface area contributed by atoms with Gasteiger partial charge in [-0.25, -0.2) is 4.98 Å². The summed E-state index contributed by atoms with van der Waals surface area (Å²) in [4.78, 5) is 28.9. The molecule has 104 valence electrons. The lowest BCUT2D eigenvalue weighted by molar-refractivity contribution is -0.119. The van der Waals surface area contributed by atoms with Gasteiger partial charge in [0.2, 0.25) is 5.91 Å². The molecule has 2 rings (SSSR count). The lowest BCUT2D eigenvalue weighted by Gasteiger charge is -2.26. The first kappa shape index (κ1) is 14.1. The maximum Gasteiger partial charge on any atom is 0.230 e. The predicted molar refractivity (Wildman–Crippen MR) is 75.4 cm³/mol. The van der Waals surface area contributed by atoms with Crippen LogP contribution >= 0.6 is 11.3 Å². The molecule has 1 aliphatic carbocycles. The van der Waals surface area contributed by atoms with Crippen molar-refractivity contribution in [1.82, 2.24) is 4.98 Å². The summed E-state index contributed by atoms with van der Waals surface area (Å²) in [6.45, 7) is 6.17. The van der Waals surface area contributed by atoms with E-state index < -0.39 is 0 Å². The number of anilines is 1. The van der Waals surface area contributed by atoms with Crippen molar-refractivity contribution in [2.24, 2.45) is 17.1 Å². The van der Waals surface area contributed by atoms with Crippen LogP contribution in [0.25, 0.3) is 0 Å². The van der Waals surface area contributed by atoms with Crippen molar-refractivity contribution >= 4 is 28.2 Å². The lowest BCUT2D eigenvalue weighted by Crippen LogP contribution is -2.27. The molecule has 0 radical (unpaired) electrons. The molecule has 0 aliphatic heterocycles. The molecule has 19 heavy (non-hydrogen) atoms. The first-order chi connectivity index (χ1) is 8.82. The van der Waals surface area contributed by atoms with Gasteiger partial charge in [0.15, 0.2) is 10.9 Å². The van der Waals surface area contributed by atoms with E-state index in [1.807, 2.05) is 0 Å². The number of nitrogens with two attached hydrogens (primary N) is 1. The van der Waals surface area contributed by atoms with Crippen LogP contribution in [0.5, 0.6) is 0 Å². The quantitative estimate of drug-likeness (QED) is 0.885. The Morgan fingerprint density at radius 3 is 2.84 bits per heavy atom. The predicted octanol–water partition coefficient (Wildman–Crippen LogP) is 1.83. The number of aromatic nitrogens is 1. The van der Waals surface area contributed by atoms with E-state index in [4.69, 9.17) is 5.73 Å². The largest absolute Gasteiger partial charge is 0.330 e. The number of Topliss-reactive ketones (excluding diaryl/α,β-unsaturated/α-hetero) is 1. The molecule has 0 spiro atoms. The number of thiazole rings is 1. The van der Waals surface area contributed by atoms with Crippen molar-refractivity contribution in [3.63, 3.8) is 0 Å². The van der Waals surface area contributed by atoms with E-state index in [1.165, 1.54) is 11.3 Å². The van der Waals surface area contributed by atoms with Crippen LogP contribution in [-0.2, 0) is 11.2 Å². The van der Waals surface area contributed by atoms with E-state index in [-0.39, 0.29) is 23.0 Å². The van der Waals surface area contributed by atoms with Gasteiger partial charge < -0.3 is 11.1 Å². The van der Waals surface area contributed by atoms with Crippen LogP contribution < -0.4 is 11.1 Å². The van der Waals surface area contributed by atoms with Crippen molar-refractivity contribution < 1.29 is 9.59 Å². The van der Waals surface area contributed by atoms with Crippen LogP contribution in [0.3, 0.4) is 0 Å². The maximum atomic E-state index is 12.0. The number of ketones is 1. The molecule has 1 aromatic heterocycles. The Morgan fingerprint density at radius 2 is 2.21 bits per heavy atom. The Kier molecular flexibility index (Phi) is 3.73. The Hall–Kier alpha value is -1.27. The van der Waals surface area contributed by atoms with Gasteiger partial charge in [-0.3, -0.25) is 9.59 Å². The average molecular weight is 281 g/mol. The van der Waals surface area contributed by atoms with E-state index in [9.17, 15) is 9.59 Å². The summed E-state index contributed by atoms with van der Waals surface area (Å²) in [6, 6.07) is 0. The highest BCUT2D eigenvalue weighted by Crippen LogP contribution is 2.38. The minimum Gasteiger partial charge on any atom is -0.330 e. The van der Waals surface area contributed by atoms with Gasteiger partial charge in [-0.2, -0.15) is 0 Å². The molecule has 0 saturated carbocycles. The molecular formula is C13H19N3O2S. The van der Waals surface area contributed by atoms with Crippen LogP contribution in [-0.4, -0.2) is 23.2 Å². The second kappa shape index (κ2) is 5.02. The molecule has 3 N–H and O–H groups in total. The molecule has 1 aromatic rings. The normalized spacial score (nSPS) is 18.8. The molecule has 1 atom stereocenters. The zero-order valence-electron chi connectivity index (χ0n) is 11.4. The van der Waals surface area contributed by atoms with Gasteiger partial charge in [0.25, 0.3) is 0 Å². The van der Waals surface area contributed by atoms with E-state index in [0.29, 0.717) is 23.0 Å². The molecule has 1 heterocycles. The number of fused-ring (bicyclic) bond motifs is 1. The van der Waals surface area contributed by atoms with Crippen molar-refractivity contribution in [2.45, 2.75) is 33.6 Å². The molecule has 1 aliphatic rings. The van der Waals surface area contributed by atoms with E-state index in [1.54, 1.807) is 6.92 Å². The minimum absolute atomic E-state index is 0.0516. The Balaban J connectivity index is 2.19. The number of nitrogens with one attached hydrogen (secondary N) is 1. The van der Waals surface area contributed by atoms with Crippen LogP contribution in [0.15, 0.2) is 0 Å². The lowest BCUT2D eigenvalue weighted by atomic mass is 9.78. The van der Waals surface area contributed by atoms with Gasteiger partial charge in [-0.15, -0.1) is 0 Å². The van der Waals surface area contributed by atoms with Crippen LogP contribution in [0.4, 0.5) is 5.13 Å². The molecule has 1 unspecified atom stereocenters. The Bertz CT molecular complexity index is 522. The van der Waals surface area contributed by atoms with Crippen molar-refractivity contribution in [2.75, 3.05) is 11.9 Å². The number of hydrogen-bond acceptors (Lipinski definition) is 5. The molecule has 5 nitrogen and oxygen atoms in total. The third kappa shape index (κ3) is 3.01. The number of hydrogen-bond donors (Lipinski definition) is 2. The zero-order chi connectivity index (χ0) is 14.2. The Morgan fingerprint density at radius 1 is 1.53 bits per heavy atom. The van der Waals surface area contributed by atoms with Crippen molar-refractivity contribution in [3.8, 4) is 0 Å². The maximum absolute atomic E-state index is 12.0. The van der Waals surface area contributed by atoms with Crippen LogP contribution in [0.2, 0.25) is 0 Å². The molecule has 1 amide bonds. The summed E-state index contributed by atoms with van der Waals surface area (Å²) < 4.78 is 0. The number of amides is 1. The highest BCUT2D eigenvalue weighted by Gasteiger charge is 2.34. The van der Waals surface area contributed by atoms with Gasteiger partial charge in [-0.05, 0) is 11.8 Å². The fourth-order valence-electron chi connectivity index (χ4n) is 2.11. The second-order valence-electron chi connectivity index (χ2n) is 5.86. The van der Waals surface area contributed by atoms with E-state index >= 15 is 0 Å². The van der Waals surface area contributed by atoms with Gasteiger partial charge >= 0.3 is 0 Å². The number of rotatable bonds is 3. The zero-order valence-corrected chi connectivity index (χ0v) is 12.3. The van der Waals surface area contributed by atoms with Gasteiger partial charge in [0, 0.05) is 18.9 Å². The summed E-state index contributed by atoms with van der Waals surface area (Å²) in [7, 11) is 0. The van der Waals surface area contributed by atoms with E-state index in [2.05, 4.69) is 24.1 Å². The molecular weight excluding hydrogens is 262 g/mol. The smallest absolute Gasteiger partial charge is 0.230 e.